The lowest BCUT2D eigenvalue weighted by Crippen LogP contribution is -2.37. The predicted octanol–water partition coefficient (Wildman–Crippen LogP) is 1.65. The summed E-state index contributed by atoms with van der Waals surface area (Å²) in [6.45, 7) is 2.90. The zero-order valence-corrected chi connectivity index (χ0v) is 15.7. The smallest absolute Gasteiger partial charge is 0.239 e. The van der Waals surface area contributed by atoms with E-state index in [1.54, 1.807) is 11.7 Å². The number of aromatic nitrogens is 3. The Balaban J connectivity index is 1.95. The Morgan fingerprint density at radius 2 is 1.96 bits per heavy atom. The number of carbonyl (C=O) groups is 2. The topological polar surface area (TPSA) is 101 Å². The lowest BCUT2D eigenvalue weighted by Gasteiger charge is -2.09. The molecule has 2 aromatic rings. The van der Waals surface area contributed by atoms with E-state index < -0.39 is 0 Å². The molecule has 1 aromatic heterocycles. The number of hydrogen-bond donors (Lipinski definition) is 3. The van der Waals surface area contributed by atoms with Gasteiger partial charge < -0.3 is 15.4 Å². The quantitative estimate of drug-likeness (QED) is 0.577. The van der Waals surface area contributed by atoms with Crippen LogP contribution in [0.15, 0.2) is 24.3 Å². The molecule has 0 unspecified atom stereocenters. The summed E-state index contributed by atoms with van der Waals surface area (Å²) in [6.07, 6.45) is 1.05. The fraction of sp³-hybridized carbons (Fsp3) is 0.412. The first kappa shape index (κ1) is 19.6. The van der Waals surface area contributed by atoms with E-state index >= 15 is 0 Å². The molecule has 140 valence electrons. The van der Waals surface area contributed by atoms with E-state index in [4.69, 9.17) is 17.0 Å². The van der Waals surface area contributed by atoms with E-state index in [0.717, 1.165) is 17.7 Å². The summed E-state index contributed by atoms with van der Waals surface area (Å²) >= 11 is 5.25. The molecule has 0 spiro atoms. The standard InChI is InChI=1S/C17H23N5O3S/c1-3-9-18-15(24)11-19-14(23)8-10-22-16(20-21-17(22)26)12-4-6-13(25-2)7-5-12/h4-7H,3,8-11H2,1-2H3,(H,18,24)(H,19,23)(H,21,26). The molecular formula is C17H23N5O3S. The number of ether oxygens (including phenoxy) is 1. The number of nitrogens with zero attached hydrogens (tertiary/aromatic N) is 2. The molecule has 0 saturated carbocycles. The average Bonchev–Trinajstić information content (AvgIpc) is 3.03. The van der Waals surface area contributed by atoms with Gasteiger partial charge in [0.1, 0.15) is 5.75 Å². The molecule has 8 nitrogen and oxygen atoms in total. The summed E-state index contributed by atoms with van der Waals surface area (Å²) in [5.41, 5.74) is 0.859. The third-order valence-corrected chi connectivity index (χ3v) is 4.00. The van der Waals surface area contributed by atoms with Crippen LogP contribution in [-0.2, 0) is 16.1 Å². The Labute approximate surface area is 156 Å². The first-order valence-electron chi connectivity index (χ1n) is 8.38. The molecule has 0 radical (unpaired) electrons. The van der Waals surface area contributed by atoms with Crippen LogP contribution in [-0.4, -0.2) is 46.8 Å². The van der Waals surface area contributed by atoms with E-state index in [-0.39, 0.29) is 24.8 Å². The second-order valence-electron chi connectivity index (χ2n) is 5.61. The SMILES string of the molecule is CCCNC(=O)CNC(=O)CCn1c(-c2ccc(OC)cc2)n[nH]c1=S. The molecule has 2 amide bonds. The van der Waals surface area contributed by atoms with Crippen LogP contribution in [0.25, 0.3) is 11.4 Å². The molecular weight excluding hydrogens is 354 g/mol. The van der Waals surface area contributed by atoms with Crippen molar-refractivity contribution in [2.75, 3.05) is 20.2 Å². The molecule has 0 atom stereocenters. The third kappa shape index (κ3) is 5.41. The number of amides is 2. The van der Waals surface area contributed by atoms with E-state index in [1.165, 1.54) is 0 Å². The molecule has 0 bridgehead atoms. The normalized spacial score (nSPS) is 10.4. The number of rotatable bonds is 9. The summed E-state index contributed by atoms with van der Waals surface area (Å²) in [6, 6.07) is 7.41. The van der Waals surface area contributed by atoms with E-state index in [2.05, 4.69) is 20.8 Å². The molecule has 2 rings (SSSR count). The predicted molar refractivity (Wildman–Crippen MR) is 100 cm³/mol. The molecule has 9 heteroatoms. The summed E-state index contributed by atoms with van der Waals surface area (Å²) in [7, 11) is 1.60. The van der Waals surface area contributed by atoms with Crippen LogP contribution in [0.4, 0.5) is 0 Å². The number of methoxy groups -OCH3 is 1. The summed E-state index contributed by atoms with van der Waals surface area (Å²) in [5.74, 6) is 0.973. The van der Waals surface area contributed by atoms with Gasteiger partial charge in [-0.15, -0.1) is 0 Å². The molecule has 0 saturated heterocycles. The monoisotopic (exact) mass is 377 g/mol. The van der Waals surface area contributed by atoms with Gasteiger partial charge in [0.05, 0.1) is 13.7 Å². The number of benzene rings is 1. The first-order valence-corrected chi connectivity index (χ1v) is 8.79. The Morgan fingerprint density at radius 1 is 1.23 bits per heavy atom. The van der Waals surface area contributed by atoms with Crippen molar-refractivity contribution in [3.05, 3.63) is 29.0 Å². The van der Waals surface area contributed by atoms with Gasteiger partial charge in [-0.05, 0) is 42.9 Å². The maximum atomic E-state index is 12.0. The summed E-state index contributed by atoms with van der Waals surface area (Å²) in [5, 5.41) is 12.3. The summed E-state index contributed by atoms with van der Waals surface area (Å²) < 4.78 is 7.34. The van der Waals surface area contributed by atoms with Crippen molar-refractivity contribution >= 4 is 24.0 Å². The average molecular weight is 377 g/mol. The maximum Gasteiger partial charge on any atom is 0.239 e. The van der Waals surface area contributed by atoms with Crippen molar-refractivity contribution in [1.29, 1.82) is 0 Å². The van der Waals surface area contributed by atoms with Crippen LogP contribution in [0.1, 0.15) is 19.8 Å². The zero-order chi connectivity index (χ0) is 18.9. The summed E-state index contributed by atoms with van der Waals surface area (Å²) in [4.78, 5) is 23.5. The largest absolute Gasteiger partial charge is 0.497 e. The Morgan fingerprint density at radius 3 is 2.62 bits per heavy atom. The van der Waals surface area contributed by atoms with E-state index in [9.17, 15) is 9.59 Å². The van der Waals surface area contributed by atoms with Crippen molar-refractivity contribution in [3.63, 3.8) is 0 Å². The molecule has 3 N–H and O–H groups in total. The fourth-order valence-corrected chi connectivity index (χ4v) is 2.52. The highest BCUT2D eigenvalue weighted by molar-refractivity contribution is 7.71. The fourth-order valence-electron chi connectivity index (χ4n) is 2.29. The van der Waals surface area contributed by atoms with Gasteiger partial charge in [0.25, 0.3) is 0 Å². The van der Waals surface area contributed by atoms with Gasteiger partial charge in [-0.25, -0.2) is 0 Å². The lowest BCUT2D eigenvalue weighted by atomic mass is 10.2. The zero-order valence-electron chi connectivity index (χ0n) is 14.9. The third-order valence-electron chi connectivity index (χ3n) is 3.69. The van der Waals surface area contributed by atoms with Gasteiger partial charge in [-0.2, -0.15) is 5.10 Å². The number of nitrogens with one attached hydrogen (secondary N) is 3. The molecule has 0 fully saturated rings. The van der Waals surface area contributed by atoms with Crippen molar-refractivity contribution in [3.8, 4) is 17.1 Å². The maximum absolute atomic E-state index is 12.0. The first-order chi connectivity index (χ1) is 12.5. The van der Waals surface area contributed by atoms with Crippen LogP contribution >= 0.6 is 12.2 Å². The van der Waals surface area contributed by atoms with Crippen LogP contribution in [0, 0.1) is 4.77 Å². The number of aromatic amines is 1. The highest BCUT2D eigenvalue weighted by Gasteiger charge is 2.11. The highest BCUT2D eigenvalue weighted by atomic mass is 32.1. The molecule has 1 aromatic carbocycles. The van der Waals surface area contributed by atoms with Crippen LogP contribution in [0.5, 0.6) is 5.75 Å². The van der Waals surface area contributed by atoms with Crippen molar-refractivity contribution < 1.29 is 14.3 Å². The molecule has 0 aliphatic heterocycles. The van der Waals surface area contributed by atoms with Gasteiger partial charge in [-0.3, -0.25) is 19.3 Å². The lowest BCUT2D eigenvalue weighted by molar-refractivity contribution is -0.126. The number of hydrogen-bond acceptors (Lipinski definition) is 5. The van der Waals surface area contributed by atoms with E-state index in [0.29, 0.717) is 23.7 Å². The minimum absolute atomic E-state index is 0.0268. The second-order valence-corrected chi connectivity index (χ2v) is 6.00. The van der Waals surface area contributed by atoms with Crippen molar-refractivity contribution in [2.45, 2.75) is 26.3 Å². The van der Waals surface area contributed by atoms with Crippen LogP contribution in [0.2, 0.25) is 0 Å². The molecule has 26 heavy (non-hydrogen) atoms. The Hall–Kier alpha value is -2.68. The van der Waals surface area contributed by atoms with Gasteiger partial charge in [-0.1, -0.05) is 6.92 Å². The Bertz CT molecular complexity index is 797. The van der Waals surface area contributed by atoms with Crippen LogP contribution < -0.4 is 15.4 Å². The number of H-pyrrole nitrogens is 1. The minimum Gasteiger partial charge on any atom is -0.497 e. The Kier molecular flexibility index (Phi) is 7.34. The molecule has 0 aliphatic rings. The van der Waals surface area contributed by atoms with Gasteiger partial charge in [0, 0.05) is 25.1 Å². The minimum atomic E-state index is -0.222. The molecule has 0 aliphatic carbocycles. The van der Waals surface area contributed by atoms with E-state index in [1.807, 2.05) is 31.2 Å². The highest BCUT2D eigenvalue weighted by Crippen LogP contribution is 2.21. The van der Waals surface area contributed by atoms with Gasteiger partial charge >= 0.3 is 0 Å². The molecule has 1 heterocycles. The van der Waals surface area contributed by atoms with Crippen LogP contribution in [0.3, 0.4) is 0 Å². The number of carbonyl (C=O) groups excluding carboxylic acids is 2. The van der Waals surface area contributed by atoms with Gasteiger partial charge in [0.2, 0.25) is 11.8 Å². The second kappa shape index (κ2) is 9.71. The van der Waals surface area contributed by atoms with Gasteiger partial charge in [0.15, 0.2) is 10.6 Å². The van der Waals surface area contributed by atoms with Crippen molar-refractivity contribution in [1.82, 2.24) is 25.4 Å². The van der Waals surface area contributed by atoms with Crippen molar-refractivity contribution in [2.24, 2.45) is 0 Å².